The molecule has 0 aromatic rings. The molecule has 0 aromatic carbocycles. The topological polar surface area (TPSA) is 0 Å². The van der Waals surface area contributed by atoms with Crippen molar-refractivity contribution < 1.29 is 0 Å². The minimum Gasteiger partial charge on any atom is -0.0654 e. The van der Waals surface area contributed by atoms with Gasteiger partial charge < -0.3 is 0 Å². The largest absolute Gasteiger partial charge is 0.0654 e. The van der Waals surface area contributed by atoms with E-state index in [9.17, 15) is 0 Å². The van der Waals surface area contributed by atoms with Crippen LogP contribution in [0.1, 0.15) is 111 Å². The first-order chi connectivity index (χ1) is 12.7. The van der Waals surface area contributed by atoms with Crippen molar-refractivity contribution in [2.75, 3.05) is 0 Å². The SMILES string of the molecule is CCCCCCC(C)C1CCC2C1CCC1C3CCC(C)CC3CCC12. The van der Waals surface area contributed by atoms with E-state index in [1.54, 1.807) is 51.4 Å². The van der Waals surface area contributed by atoms with Gasteiger partial charge in [0.2, 0.25) is 0 Å². The van der Waals surface area contributed by atoms with Gasteiger partial charge in [-0.2, -0.15) is 0 Å². The smallest absolute Gasteiger partial charge is 0.0352 e. The highest BCUT2D eigenvalue weighted by Gasteiger charge is 2.51. The predicted octanol–water partition coefficient (Wildman–Crippen LogP) is 8.11. The molecule has 150 valence electrons. The second-order valence-corrected chi connectivity index (χ2v) is 11.2. The van der Waals surface area contributed by atoms with Gasteiger partial charge in [-0.3, -0.25) is 0 Å². The Morgan fingerprint density at radius 1 is 0.692 bits per heavy atom. The first-order valence-corrected chi connectivity index (χ1v) is 12.7. The molecule has 0 spiro atoms. The molecule has 0 aromatic heterocycles. The molecule has 4 aliphatic carbocycles. The van der Waals surface area contributed by atoms with Gasteiger partial charge in [0, 0.05) is 0 Å². The van der Waals surface area contributed by atoms with Crippen LogP contribution in [0.3, 0.4) is 0 Å². The summed E-state index contributed by atoms with van der Waals surface area (Å²) in [6.07, 6.45) is 21.6. The normalized spacial score (nSPS) is 46.3. The molecule has 0 aliphatic heterocycles. The first kappa shape index (κ1) is 19.3. The second kappa shape index (κ2) is 8.57. The lowest BCUT2D eigenvalue weighted by Gasteiger charge is -2.53. The lowest BCUT2D eigenvalue weighted by atomic mass is 9.52. The van der Waals surface area contributed by atoms with Crippen molar-refractivity contribution in [2.24, 2.45) is 53.3 Å². The van der Waals surface area contributed by atoms with Gasteiger partial charge >= 0.3 is 0 Å². The molecular formula is C26H46. The zero-order chi connectivity index (χ0) is 18.1. The summed E-state index contributed by atoms with van der Waals surface area (Å²) in [7, 11) is 0. The van der Waals surface area contributed by atoms with Gasteiger partial charge in [-0.1, -0.05) is 59.3 Å². The van der Waals surface area contributed by atoms with Crippen molar-refractivity contribution in [1.82, 2.24) is 0 Å². The number of fused-ring (bicyclic) bond motifs is 5. The van der Waals surface area contributed by atoms with Gasteiger partial charge in [0.1, 0.15) is 0 Å². The Morgan fingerprint density at radius 3 is 2.19 bits per heavy atom. The van der Waals surface area contributed by atoms with Crippen LogP contribution >= 0.6 is 0 Å². The van der Waals surface area contributed by atoms with Gasteiger partial charge in [-0.25, -0.2) is 0 Å². The monoisotopic (exact) mass is 358 g/mol. The van der Waals surface area contributed by atoms with Crippen molar-refractivity contribution in [1.29, 1.82) is 0 Å². The lowest BCUT2D eigenvalue weighted by molar-refractivity contribution is -0.0356. The molecule has 0 heteroatoms. The molecule has 0 nitrogen and oxygen atoms in total. The average Bonchev–Trinajstić information content (AvgIpc) is 3.09. The molecule has 9 atom stereocenters. The van der Waals surface area contributed by atoms with E-state index in [0.29, 0.717) is 0 Å². The third-order valence-corrected chi connectivity index (χ3v) is 9.83. The van der Waals surface area contributed by atoms with Crippen LogP contribution in [0, 0.1) is 53.3 Å². The lowest BCUT2D eigenvalue weighted by Crippen LogP contribution is -2.45. The fraction of sp³-hybridized carbons (Fsp3) is 1.00. The maximum atomic E-state index is 2.62. The van der Waals surface area contributed by atoms with Gasteiger partial charge in [0.05, 0.1) is 0 Å². The van der Waals surface area contributed by atoms with E-state index in [-0.39, 0.29) is 0 Å². The summed E-state index contributed by atoms with van der Waals surface area (Å²) < 4.78 is 0. The zero-order valence-corrected chi connectivity index (χ0v) is 18.1. The molecule has 4 saturated carbocycles. The van der Waals surface area contributed by atoms with Crippen LogP contribution in [-0.4, -0.2) is 0 Å². The van der Waals surface area contributed by atoms with Crippen molar-refractivity contribution in [2.45, 2.75) is 111 Å². The highest BCUT2D eigenvalue weighted by Crippen LogP contribution is 2.60. The standard InChI is InChI=1S/C26H46/c1-4-5-6-7-8-19(3)21-13-14-26-23(21)15-16-24-22-11-9-18(2)17-20(22)10-12-25(24)26/h18-26H,4-17H2,1-3H3. The Balaban J connectivity index is 1.35. The Labute approximate surface area is 164 Å². The molecule has 0 radical (unpaired) electrons. The molecule has 0 amide bonds. The molecule has 9 unspecified atom stereocenters. The summed E-state index contributed by atoms with van der Waals surface area (Å²) >= 11 is 0. The van der Waals surface area contributed by atoms with Crippen molar-refractivity contribution >= 4 is 0 Å². The summed E-state index contributed by atoms with van der Waals surface area (Å²) in [6, 6.07) is 0. The van der Waals surface area contributed by atoms with Crippen LogP contribution in [0.5, 0.6) is 0 Å². The van der Waals surface area contributed by atoms with E-state index in [2.05, 4.69) is 20.8 Å². The Bertz CT molecular complexity index is 439. The van der Waals surface area contributed by atoms with Gasteiger partial charge in [-0.05, 0) is 105 Å². The summed E-state index contributed by atoms with van der Waals surface area (Å²) in [5.74, 6) is 9.91. The number of hydrogen-bond acceptors (Lipinski definition) is 0. The quantitative estimate of drug-likeness (QED) is 0.421. The fourth-order valence-electron chi connectivity index (χ4n) is 8.60. The molecule has 0 saturated heterocycles. The third kappa shape index (κ3) is 3.77. The molecule has 0 heterocycles. The maximum absolute atomic E-state index is 2.62. The molecule has 4 rings (SSSR count). The Hall–Kier alpha value is 0. The Kier molecular flexibility index (Phi) is 6.37. The van der Waals surface area contributed by atoms with Crippen molar-refractivity contribution in [3.8, 4) is 0 Å². The summed E-state index contributed by atoms with van der Waals surface area (Å²) in [4.78, 5) is 0. The highest BCUT2D eigenvalue weighted by atomic mass is 14.6. The molecule has 0 bridgehead atoms. The van der Waals surface area contributed by atoms with Crippen LogP contribution in [0.2, 0.25) is 0 Å². The van der Waals surface area contributed by atoms with Crippen molar-refractivity contribution in [3.05, 3.63) is 0 Å². The van der Waals surface area contributed by atoms with E-state index in [4.69, 9.17) is 0 Å². The first-order valence-electron chi connectivity index (χ1n) is 12.7. The fourth-order valence-corrected chi connectivity index (χ4v) is 8.60. The van der Waals surface area contributed by atoms with Gasteiger partial charge in [0.25, 0.3) is 0 Å². The zero-order valence-electron chi connectivity index (χ0n) is 18.1. The summed E-state index contributed by atoms with van der Waals surface area (Å²) in [5.41, 5.74) is 0. The van der Waals surface area contributed by atoms with E-state index < -0.39 is 0 Å². The predicted molar refractivity (Wildman–Crippen MR) is 113 cm³/mol. The van der Waals surface area contributed by atoms with Crippen LogP contribution < -0.4 is 0 Å². The van der Waals surface area contributed by atoms with Crippen LogP contribution in [0.15, 0.2) is 0 Å². The molecule has 4 fully saturated rings. The third-order valence-electron chi connectivity index (χ3n) is 9.83. The molecular weight excluding hydrogens is 312 g/mol. The Morgan fingerprint density at radius 2 is 1.35 bits per heavy atom. The highest BCUT2D eigenvalue weighted by molar-refractivity contribution is 5.01. The van der Waals surface area contributed by atoms with Gasteiger partial charge in [0.15, 0.2) is 0 Å². The van der Waals surface area contributed by atoms with Crippen LogP contribution in [0.25, 0.3) is 0 Å². The average molecular weight is 359 g/mol. The van der Waals surface area contributed by atoms with E-state index in [1.165, 1.54) is 38.5 Å². The number of unbranched alkanes of at least 4 members (excludes halogenated alkanes) is 3. The molecule has 26 heavy (non-hydrogen) atoms. The number of rotatable bonds is 6. The maximum Gasteiger partial charge on any atom is -0.0352 e. The second-order valence-electron chi connectivity index (χ2n) is 11.2. The molecule has 0 N–H and O–H groups in total. The molecule has 4 aliphatic rings. The van der Waals surface area contributed by atoms with Crippen LogP contribution in [-0.2, 0) is 0 Å². The number of hydrogen-bond donors (Lipinski definition) is 0. The van der Waals surface area contributed by atoms with E-state index in [0.717, 1.165) is 53.3 Å². The summed E-state index contributed by atoms with van der Waals surface area (Å²) in [5, 5.41) is 0. The van der Waals surface area contributed by atoms with Gasteiger partial charge in [-0.15, -0.1) is 0 Å². The van der Waals surface area contributed by atoms with E-state index in [1.807, 2.05) is 0 Å². The van der Waals surface area contributed by atoms with Crippen LogP contribution in [0.4, 0.5) is 0 Å². The summed E-state index contributed by atoms with van der Waals surface area (Å²) in [6.45, 7) is 7.47. The van der Waals surface area contributed by atoms with Crippen molar-refractivity contribution in [3.63, 3.8) is 0 Å². The van der Waals surface area contributed by atoms with E-state index >= 15 is 0 Å². The minimum absolute atomic E-state index is 1.00. The minimum atomic E-state index is 1.00.